The predicted molar refractivity (Wildman–Crippen MR) is 92.1 cm³/mol. The molecule has 2 aliphatic rings. The minimum absolute atomic E-state index is 0.0503. The zero-order valence-electron chi connectivity index (χ0n) is 14.6. The molecule has 8 heteroatoms. The fourth-order valence-corrected chi connectivity index (χ4v) is 3.93. The molecule has 2 aromatic heterocycles. The van der Waals surface area contributed by atoms with Gasteiger partial charge in [-0.3, -0.25) is 9.48 Å². The van der Waals surface area contributed by atoms with Crippen LogP contribution in [0.1, 0.15) is 47.9 Å². The Bertz CT molecular complexity index is 702. The van der Waals surface area contributed by atoms with Gasteiger partial charge in [-0.15, -0.1) is 0 Å². The Morgan fingerprint density at radius 2 is 2.12 bits per heavy atom. The Balaban J connectivity index is 1.43. The Kier molecular flexibility index (Phi) is 4.52. The fraction of sp³-hybridized carbons (Fsp3) is 0.647. The van der Waals surface area contributed by atoms with E-state index in [2.05, 4.69) is 32.0 Å². The number of aromatic nitrogens is 5. The van der Waals surface area contributed by atoms with Crippen molar-refractivity contribution in [1.29, 1.82) is 0 Å². The molecule has 1 atom stereocenters. The molecule has 4 heterocycles. The van der Waals surface area contributed by atoms with Crippen molar-refractivity contribution in [3.8, 4) is 0 Å². The van der Waals surface area contributed by atoms with Gasteiger partial charge in [0, 0.05) is 12.5 Å². The zero-order valence-corrected chi connectivity index (χ0v) is 14.6. The molecular formula is C17H25N7O. The number of rotatable bonds is 4. The Hall–Kier alpha value is -2.22. The predicted octanol–water partition coefficient (Wildman–Crippen LogP) is 1.12. The van der Waals surface area contributed by atoms with Crippen LogP contribution in [-0.4, -0.2) is 73.2 Å². The molecule has 0 spiro atoms. The third-order valence-corrected chi connectivity index (χ3v) is 5.43. The number of nitrogens with zero attached hydrogens (tertiary/aromatic N) is 6. The maximum Gasteiger partial charge on any atom is 0.272 e. The van der Waals surface area contributed by atoms with Gasteiger partial charge < -0.3 is 14.8 Å². The van der Waals surface area contributed by atoms with Crippen LogP contribution in [0.15, 0.2) is 18.9 Å². The number of nitrogens with one attached hydrogen (secondary N) is 1. The summed E-state index contributed by atoms with van der Waals surface area (Å²) >= 11 is 0. The second-order valence-electron chi connectivity index (χ2n) is 7.17. The van der Waals surface area contributed by atoms with E-state index < -0.39 is 0 Å². The number of likely N-dealkylation sites (tertiary alicyclic amines) is 2. The van der Waals surface area contributed by atoms with Crippen LogP contribution < -0.4 is 0 Å². The monoisotopic (exact) mass is 343 g/mol. The Morgan fingerprint density at radius 3 is 2.88 bits per heavy atom. The molecule has 134 valence electrons. The van der Waals surface area contributed by atoms with Crippen LogP contribution in [0.2, 0.25) is 0 Å². The van der Waals surface area contributed by atoms with E-state index in [9.17, 15) is 4.79 Å². The van der Waals surface area contributed by atoms with Gasteiger partial charge in [0.05, 0.1) is 18.8 Å². The van der Waals surface area contributed by atoms with Crippen molar-refractivity contribution < 1.29 is 4.79 Å². The highest BCUT2D eigenvalue weighted by Crippen LogP contribution is 2.26. The van der Waals surface area contributed by atoms with Gasteiger partial charge in [-0.2, -0.15) is 5.10 Å². The maximum atomic E-state index is 12.9. The molecule has 0 bridgehead atoms. The number of imidazole rings is 1. The van der Waals surface area contributed by atoms with Crippen molar-refractivity contribution >= 4 is 5.91 Å². The summed E-state index contributed by atoms with van der Waals surface area (Å²) in [5.74, 6) is 1.44. The lowest BCUT2D eigenvalue weighted by Crippen LogP contribution is -2.38. The highest BCUT2D eigenvalue weighted by Gasteiger charge is 2.31. The van der Waals surface area contributed by atoms with Crippen LogP contribution in [0.3, 0.4) is 0 Å². The van der Waals surface area contributed by atoms with E-state index in [0.29, 0.717) is 18.2 Å². The third kappa shape index (κ3) is 3.44. The highest BCUT2D eigenvalue weighted by molar-refractivity contribution is 5.92. The van der Waals surface area contributed by atoms with Crippen molar-refractivity contribution in [3.05, 3.63) is 30.4 Å². The van der Waals surface area contributed by atoms with Crippen molar-refractivity contribution in [3.63, 3.8) is 0 Å². The van der Waals surface area contributed by atoms with E-state index in [-0.39, 0.29) is 11.9 Å². The lowest BCUT2D eigenvalue weighted by molar-refractivity contribution is 0.0716. The van der Waals surface area contributed by atoms with Gasteiger partial charge in [0.15, 0.2) is 0 Å². The molecule has 0 radical (unpaired) electrons. The van der Waals surface area contributed by atoms with Crippen LogP contribution in [0.5, 0.6) is 0 Å². The zero-order chi connectivity index (χ0) is 17.2. The summed E-state index contributed by atoms with van der Waals surface area (Å²) < 4.78 is 1.80. The van der Waals surface area contributed by atoms with Crippen LogP contribution in [0.25, 0.3) is 0 Å². The van der Waals surface area contributed by atoms with Gasteiger partial charge in [0.2, 0.25) is 0 Å². The topological polar surface area (TPSA) is 82.9 Å². The quantitative estimate of drug-likeness (QED) is 0.899. The third-order valence-electron chi connectivity index (χ3n) is 5.43. The average Bonchev–Trinajstić information content (AvgIpc) is 3.37. The van der Waals surface area contributed by atoms with E-state index in [1.807, 2.05) is 4.90 Å². The van der Waals surface area contributed by atoms with Gasteiger partial charge in [0.1, 0.15) is 24.2 Å². The Labute approximate surface area is 147 Å². The lowest BCUT2D eigenvalue weighted by Gasteiger charge is -2.27. The standard InChI is InChI=1S/C17H25N7O/c1-22-7-4-13(5-8-22)16-19-9-15(21-16)17(25)24-6-2-3-14(24)10-23-12-18-11-20-23/h9,11-14H,2-8,10H2,1H3,(H,19,21). The molecule has 2 aliphatic heterocycles. The molecule has 2 fully saturated rings. The second kappa shape index (κ2) is 6.95. The van der Waals surface area contributed by atoms with Crippen LogP contribution in [0.4, 0.5) is 0 Å². The number of aromatic amines is 1. The van der Waals surface area contributed by atoms with E-state index in [4.69, 9.17) is 0 Å². The van der Waals surface area contributed by atoms with E-state index in [1.54, 1.807) is 17.2 Å². The second-order valence-corrected chi connectivity index (χ2v) is 7.17. The minimum Gasteiger partial charge on any atom is -0.338 e. The average molecular weight is 343 g/mol. The van der Waals surface area contributed by atoms with Crippen molar-refractivity contribution in [2.75, 3.05) is 26.7 Å². The number of hydrogen-bond donors (Lipinski definition) is 1. The number of piperidine rings is 1. The van der Waals surface area contributed by atoms with Crippen LogP contribution >= 0.6 is 0 Å². The minimum atomic E-state index is 0.0503. The summed E-state index contributed by atoms with van der Waals surface area (Å²) in [6.45, 7) is 3.66. The summed E-state index contributed by atoms with van der Waals surface area (Å²) in [5, 5.41) is 4.16. The van der Waals surface area contributed by atoms with Crippen molar-refractivity contribution in [2.24, 2.45) is 0 Å². The Morgan fingerprint density at radius 1 is 1.28 bits per heavy atom. The summed E-state index contributed by atoms with van der Waals surface area (Å²) in [7, 11) is 2.15. The van der Waals surface area contributed by atoms with E-state index >= 15 is 0 Å². The number of H-pyrrole nitrogens is 1. The summed E-state index contributed by atoms with van der Waals surface area (Å²) in [5.41, 5.74) is 0.611. The molecule has 2 aromatic rings. The number of hydrogen-bond acceptors (Lipinski definition) is 5. The molecular weight excluding hydrogens is 318 g/mol. The molecule has 1 N–H and O–H groups in total. The summed E-state index contributed by atoms with van der Waals surface area (Å²) in [4.78, 5) is 29.0. The number of carbonyl (C=O) groups is 1. The number of carbonyl (C=O) groups excluding carboxylic acids is 1. The maximum absolute atomic E-state index is 12.9. The van der Waals surface area contributed by atoms with Gasteiger partial charge in [-0.05, 0) is 45.8 Å². The van der Waals surface area contributed by atoms with Gasteiger partial charge in [0.25, 0.3) is 5.91 Å². The van der Waals surface area contributed by atoms with Gasteiger partial charge in [-0.25, -0.2) is 9.97 Å². The van der Waals surface area contributed by atoms with Crippen molar-refractivity contribution in [1.82, 2.24) is 34.5 Å². The first-order chi connectivity index (χ1) is 12.2. The molecule has 4 rings (SSSR count). The molecule has 2 saturated heterocycles. The highest BCUT2D eigenvalue weighted by atomic mass is 16.2. The first-order valence-electron chi connectivity index (χ1n) is 9.07. The normalized spacial score (nSPS) is 22.6. The molecule has 8 nitrogen and oxygen atoms in total. The largest absolute Gasteiger partial charge is 0.338 e. The summed E-state index contributed by atoms with van der Waals surface area (Å²) in [6, 6.07) is 0.171. The molecule has 25 heavy (non-hydrogen) atoms. The van der Waals surface area contributed by atoms with Gasteiger partial charge in [-0.1, -0.05) is 0 Å². The SMILES string of the molecule is CN1CCC(c2ncc(C(=O)N3CCCC3Cn3cncn3)[nH]2)CC1. The lowest BCUT2D eigenvalue weighted by atomic mass is 9.97. The summed E-state index contributed by atoms with van der Waals surface area (Å²) in [6.07, 6.45) is 9.16. The van der Waals surface area contributed by atoms with E-state index in [1.165, 1.54) is 6.33 Å². The smallest absolute Gasteiger partial charge is 0.272 e. The molecule has 0 saturated carbocycles. The fourth-order valence-electron chi connectivity index (χ4n) is 3.93. The first-order valence-corrected chi connectivity index (χ1v) is 9.07. The molecule has 0 aliphatic carbocycles. The molecule has 0 aromatic carbocycles. The van der Waals surface area contributed by atoms with Gasteiger partial charge >= 0.3 is 0 Å². The van der Waals surface area contributed by atoms with Crippen LogP contribution in [-0.2, 0) is 6.54 Å². The molecule has 1 unspecified atom stereocenters. The molecule has 1 amide bonds. The van der Waals surface area contributed by atoms with Crippen LogP contribution in [0, 0.1) is 0 Å². The van der Waals surface area contributed by atoms with Crippen molar-refractivity contribution in [2.45, 2.75) is 44.2 Å². The number of amides is 1. The first kappa shape index (κ1) is 16.3. The van der Waals surface area contributed by atoms with E-state index in [0.717, 1.165) is 51.1 Å².